The summed E-state index contributed by atoms with van der Waals surface area (Å²) in [7, 11) is 3.05. The molecule has 116 valence electrons. The Balaban J connectivity index is 1.86. The van der Waals surface area contributed by atoms with Crippen LogP contribution in [0.1, 0.15) is 24.5 Å². The van der Waals surface area contributed by atoms with Crippen LogP contribution in [0.5, 0.6) is 5.75 Å². The van der Waals surface area contributed by atoms with Crippen molar-refractivity contribution in [1.29, 1.82) is 0 Å². The molecule has 0 saturated carbocycles. The van der Waals surface area contributed by atoms with Gasteiger partial charge in [0.05, 0.1) is 26.2 Å². The molecule has 1 heterocycles. The van der Waals surface area contributed by atoms with Crippen LogP contribution < -0.4 is 4.74 Å². The summed E-state index contributed by atoms with van der Waals surface area (Å²) in [6, 6.07) is 7.49. The normalized spacial score (nSPS) is 18.2. The van der Waals surface area contributed by atoms with Crippen molar-refractivity contribution in [3.63, 3.8) is 0 Å². The number of aliphatic hydroxyl groups is 1. The third-order valence-electron chi connectivity index (χ3n) is 4.03. The van der Waals surface area contributed by atoms with Gasteiger partial charge >= 0.3 is 5.97 Å². The molecule has 0 aliphatic carbocycles. The third-order valence-corrected chi connectivity index (χ3v) is 4.03. The van der Waals surface area contributed by atoms with E-state index in [1.165, 1.54) is 7.11 Å². The van der Waals surface area contributed by atoms with Crippen molar-refractivity contribution in [3.05, 3.63) is 29.8 Å². The Hall–Kier alpha value is -1.59. The van der Waals surface area contributed by atoms with Gasteiger partial charge in [-0.1, -0.05) is 12.1 Å². The van der Waals surface area contributed by atoms with Crippen LogP contribution in [0.4, 0.5) is 0 Å². The summed E-state index contributed by atoms with van der Waals surface area (Å²) < 4.78 is 9.95. The molecule has 0 radical (unpaired) electrons. The Morgan fingerprint density at radius 2 is 2.10 bits per heavy atom. The van der Waals surface area contributed by atoms with Crippen LogP contribution in [0.15, 0.2) is 24.3 Å². The van der Waals surface area contributed by atoms with E-state index >= 15 is 0 Å². The molecule has 1 unspecified atom stereocenters. The summed E-state index contributed by atoms with van der Waals surface area (Å²) >= 11 is 0. The van der Waals surface area contributed by atoms with Crippen molar-refractivity contribution in [3.8, 4) is 5.75 Å². The maximum Gasteiger partial charge on any atom is 0.308 e. The molecular weight excluding hydrogens is 270 g/mol. The van der Waals surface area contributed by atoms with E-state index in [0.29, 0.717) is 6.54 Å². The van der Waals surface area contributed by atoms with Gasteiger partial charge in [-0.2, -0.15) is 0 Å². The number of nitrogens with zero attached hydrogens (tertiary/aromatic N) is 1. The molecule has 1 aliphatic heterocycles. The van der Waals surface area contributed by atoms with Gasteiger partial charge in [-0.3, -0.25) is 4.79 Å². The van der Waals surface area contributed by atoms with Gasteiger partial charge in [0.1, 0.15) is 5.75 Å². The second-order valence-electron chi connectivity index (χ2n) is 5.39. The number of ether oxygens (including phenoxy) is 2. The fourth-order valence-electron chi connectivity index (χ4n) is 2.72. The molecule has 2 rings (SSSR count). The fourth-order valence-corrected chi connectivity index (χ4v) is 2.72. The van der Waals surface area contributed by atoms with E-state index in [4.69, 9.17) is 9.47 Å². The van der Waals surface area contributed by atoms with Gasteiger partial charge in [0.2, 0.25) is 0 Å². The molecule has 0 amide bonds. The van der Waals surface area contributed by atoms with Crippen LogP contribution in [0, 0.1) is 5.92 Å². The number of carbonyl (C=O) groups excluding carboxylic acids is 1. The third kappa shape index (κ3) is 4.19. The molecule has 1 N–H and O–H groups in total. The molecule has 1 aromatic rings. The lowest BCUT2D eigenvalue weighted by Crippen LogP contribution is -2.38. The lowest BCUT2D eigenvalue weighted by molar-refractivity contribution is -0.147. The van der Waals surface area contributed by atoms with Gasteiger partial charge in [0, 0.05) is 6.54 Å². The van der Waals surface area contributed by atoms with E-state index in [9.17, 15) is 9.90 Å². The molecule has 1 fully saturated rings. The second kappa shape index (κ2) is 7.43. The van der Waals surface area contributed by atoms with E-state index in [1.807, 2.05) is 24.3 Å². The van der Waals surface area contributed by atoms with Crippen LogP contribution in [-0.4, -0.2) is 49.8 Å². The maximum absolute atomic E-state index is 11.5. The van der Waals surface area contributed by atoms with Crippen LogP contribution >= 0.6 is 0 Å². The molecular formula is C16H23NO4. The average molecular weight is 293 g/mol. The number of piperidine rings is 1. The van der Waals surface area contributed by atoms with Crippen molar-refractivity contribution in [2.75, 3.05) is 33.9 Å². The Morgan fingerprint density at radius 1 is 1.38 bits per heavy atom. The van der Waals surface area contributed by atoms with Crippen LogP contribution in [0.2, 0.25) is 0 Å². The van der Waals surface area contributed by atoms with Crippen molar-refractivity contribution in [2.45, 2.75) is 18.9 Å². The zero-order valence-electron chi connectivity index (χ0n) is 12.6. The number of benzene rings is 1. The van der Waals surface area contributed by atoms with E-state index in [1.54, 1.807) is 7.11 Å². The van der Waals surface area contributed by atoms with Crippen LogP contribution in [0.25, 0.3) is 0 Å². The lowest BCUT2D eigenvalue weighted by Gasteiger charge is -2.32. The highest BCUT2D eigenvalue weighted by atomic mass is 16.5. The largest absolute Gasteiger partial charge is 0.497 e. The number of β-amino-alcohol motifs (C(OH)–C–C–N with tert-alkyl or cyclic N) is 1. The Labute approximate surface area is 125 Å². The first-order valence-corrected chi connectivity index (χ1v) is 7.26. The van der Waals surface area contributed by atoms with Gasteiger partial charge in [-0.05, 0) is 43.6 Å². The number of carbonyl (C=O) groups is 1. The summed E-state index contributed by atoms with van der Waals surface area (Å²) in [5, 5.41) is 10.3. The van der Waals surface area contributed by atoms with Gasteiger partial charge in [0.15, 0.2) is 0 Å². The molecule has 21 heavy (non-hydrogen) atoms. The Kier molecular flexibility index (Phi) is 5.59. The second-order valence-corrected chi connectivity index (χ2v) is 5.39. The predicted octanol–water partition coefficient (Wildman–Crippen LogP) is 1.61. The fraction of sp³-hybridized carbons (Fsp3) is 0.562. The standard InChI is InChI=1S/C16H23NO4/c1-20-14-5-3-4-13(10-14)15(18)11-17-8-6-12(7-9-17)16(19)21-2/h3-5,10,12,15,18H,6-9,11H2,1-2H3. The predicted molar refractivity (Wildman–Crippen MR) is 79.1 cm³/mol. The van der Waals surface area contributed by atoms with Gasteiger partial charge in [0.25, 0.3) is 0 Å². The maximum atomic E-state index is 11.5. The van der Waals surface area contributed by atoms with E-state index < -0.39 is 6.10 Å². The van der Waals surface area contributed by atoms with Gasteiger partial charge in [-0.25, -0.2) is 0 Å². The first kappa shape index (κ1) is 15.8. The molecule has 1 saturated heterocycles. The summed E-state index contributed by atoms with van der Waals surface area (Å²) in [5.74, 6) is 0.624. The highest BCUT2D eigenvalue weighted by Crippen LogP contribution is 2.23. The monoisotopic (exact) mass is 293 g/mol. The average Bonchev–Trinajstić information content (AvgIpc) is 2.54. The molecule has 0 aromatic heterocycles. The Bertz CT molecular complexity index is 469. The minimum Gasteiger partial charge on any atom is -0.497 e. The number of methoxy groups -OCH3 is 2. The molecule has 0 spiro atoms. The van der Waals surface area contributed by atoms with E-state index in [-0.39, 0.29) is 11.9 Å². The van der Waals surface area contributed by atoms with Crippen LogP contribution in [0.3, 0.4) is 0 Å². The van der Waals surface area contributed by atoms with E-state index in [0.717, 1.165) is 37.2 Å². The Morgan fingerprint density at radius 3 is 2.71 bits per heavy atom. The highest BCUT2D eigenvalue weighted by Gasteiger charge is 2.26. The lowest BCUT2D eigenvalue weighted by atomic mass is 9.96. The number of rotatable bonds is 5. The summed E-state index contributed by atoms with van der Waals surface area (Å²) in [4.78, 5) is 13.7. The topological polar surface area (TPSA) is 59.0 Å². The molecule has 5 heteroatoms. The zero-order chi connectivity index (χ0) is 15.2. The molecule has 1 aliphatic rings. The van der Waals surface area contributed by atoms with E-state index in [2.05, 4.69) is 4.90 Å². The zero-order valence-corrected chi connectivity index (χ0v) is 12.6. The van der Waals surface area contributed by atoms with Crippen molar-refractivity contribution < 1.29 is 19.4 Å². The minimum atomic E-state index is -0.547. The summed E-state index contributed by atoms with van der Waals surface area (Å²) in [5.41, 5.74) is 0.851. The summed E-state index contributed by atoms with van der Waals surface area (Å²) in [6.07, 6.45) is 1.03. The van der Waals surface area contributed by atoms with Gasteiger partial charge < -0.3 is 19.5 Å². The summed E-state index contributed by atoms with van der Waals surface area (Å²) in [6.45, 7) is 2.18. The first-order valence-electron chi connectivity index (χ1n) is 7.26. The SMILES string of the molecule is COC(=O)C1CCN(CC(O)c2cccc(OC)c2)CC1. The van der Waals surface area contributed by atoms with Gasteiger partial charge in [-0.15, -0.1) is 0 Å². The minimum absolute atomic E-state index is 0.000196. The smallest absolute Gasteiger partial charge is 0.308 e. The number of hydrogen-bond donors (Lipinski definition) is 1. The van der Waals surface area contributed by atoms with Crippen molar-refractivity contribution in [2.24, 2.45) is 5.92 Å². The molecule has 1 atom stereocenters. The number of aliphatic hydroxyl groups excluding tert-OH is 1. The molecule has 1 aromatic carbocycles. The number of esters is 1. The first-order chi connectivity index (χ1) is 10.1. The number of likely N-dealkylation sites (tertiary alicyclic amines) is 1. The van der Waals surface area contributed by atoms with Crippen molar-refractivity contribution >= 4 is 5.97 Å². The number of hydrogen-bond acceptors (Lipinski definition) is 5. The quantitative estimate of drug-likeness (QED) is 0.836. The molecule has 5 nitrogen and oxygen atoms in total. The highest BCUT2D eigenvalue weighted by molar-refractivity contribution is 5.72. The van der Waals surface area contributed by atoms with Crippen LogP contribution in [-0.2, 0) is 9.53 Å². The molecule has 0 bridgehead atoms. The van der Waals surface area contributed by atoms with Crippen molar-refractivity contribution in [1.82, 2.24) is 4.90 Å².